The van der Waals surface area contributed by atoms with Crippen molar-refractivity contribution in [3.05, 3.63) is 106 Å². The summed E-state index contributed by atoms with van der Waals surface area (Å²) in [6.45, 7) is 4.52. The lowest BCUT2D eigenvalue weighted by atomic mass is 9.76. The smallest absolute Gasteiger partial charge is 0.336 e. The van der Waals surface area contributed by atoms with E-state index in [2.05, 4.69) is 60.8 Å². The number of rotatable bonds is 5. The number of benzene rings is 3. The van der Waals surface area contributed by atoms with Crippen LogP contribution in [-0.2, 0) is 6.61 Å². The first-order valence-electron chi connectivity index (χ1n) is 11.1. The average molecular weight is 426 g/mol. The van der Waals surface area contributed by atoms with Gasteiger partial charge in [-0.05, 0) is 66.6 Å². The molecule has 2 N–H and O–H groups in total. The largest absolute Gasteiger partial charge is 0.489 e. The van der Waals surface area contributed by atoms with Gasteiger partial charge in [-0.1, -0.05) is 60.2 Å². The molecule has 1 aliphatic carbocycles. The van der Waals surface area contributed by atoms with Crippen molar-refractivity contribution in [3.8, 4) is 5.75 Å². The average Bonchev–Trinajstić information content (AvgIpc) is 3.29. The van der Waals surface area contributed by atoms with Crippen molar-refractivity contribution in [1.82, 2.24) is 0 Å². The van der Waals surface area contributed by atoms with E-state index < -0.39 is 5.97 Å². The molecule has 0 fully saturated rings. The molecule has 0 saturated heterocycles. The highest BCUT2D eigenvalue weighted by Gasteiger charge is 2.38. The Morgan fingerprint density at radius 2 is 1.78 bits per heavy atom. The number of fused-ring (bicyclic) bond motifs is 3. The van der Waals surface area contributed by atoms with Gasteiger partial charge in [0, 0.05) is 11.6 Å². The lowest BCUT2D eigenvalue weighted by Crippen LogP contribution is -2.30. The molecule has 2 aliphatic rings. The van der Waals surface area contributed by atoms with Crippen molar-refractivity contribution in [2.45, 2.75) is 38.8 Å². The zero-order valence-corrected chi connectivity index (χ0v) is 18.3. The monoisotopic (exact) mass is 425 g/mol. The van der Waals surface area contributed by atoms with E-state index in [1.54, 1.807) is 6.07 Å². The fraction of sp³-hybridized carbons (Fsp3) is 0.250. The van der Waals surface area contributed by atoms with Gasteiger partial charge in [0.05, 0.1) is 11.6 Å². The Kier molecular flexibility index (Phi) is 5.22. The van der Waals surface area contributed by atoms with E-state index >= 15 is 0 Å². The Morgan fingerprint density at radius 3 is 2.50 bits per heavy atom. The standard InChI is InChI=1S/C28H27NO3/c1-17-6-8-19(9-7-17)16-32-21-12-10-20(11-13-21)27-24-5-3-4-23(24)25-15-14-22(28(30)31)18(2)26(25)29-27/h3-4,6-15,23-24,27,29H,5,16H2,1-2H3,(H,30,31)/t23-,24+,27+/m1/s1. The van der Waals surface area contributed by atoms with Crippen molar-refractivity contribution < 1.29 is 14.6 Å². The third-order valence-corrected chi connectivity index (χ3v) is 6.79. The Bertz CT molecular complexity index is 1180. The molecular formula is C28H27NO3. The topological polar surface area (TPSA) is 58.6 Å². The number of carboxylic acid groups (broad SMARTS) is 1. The molecule has 32 heavy (non-hydrogen) atoms. The van der Waals surface area contributed by atoms with Crippen LogP contribution in [0.25, 0.3) is 0 Å². The number of carboxylic acids is 1. The van der Waals surface area contributed by atoms with Crippen molar-refractivity contribution in [2.75, 3.05) is 5.32 Å². The number of allylic oxidation sites excluding steroid dienone is 2. The van der Waals surface area contributed by atoms with Crippen LogP contribution >= 0.6 is 0 Å². The number of carbonyl (C=O) groups is 1. The minimum atomic E-state index is -0.886. The summed E-state index contributed by atoms with van der Waals surface area (Å²) in [5.41, 5.74) is 6.90. The van der Waals surface area contributed by atoms with Crippen LogP contribution < -0.4 is 10.1 Å². The van der Waals surface area contributed by atoms with Gasteiger partial charge in [-0.2, -0.15) is 0 Å². The number of aryl methyl sites for hydroxylation is 1. The third kappa shape index (κ3) is 3.66. The highest BCUT2D eigenvalue weighted by atomic mass is 16.5. The van der Waals surface area contributed by atoms with E-state index in [9.17, 15) is 9.90 Å². The van der Waals surface area contributed by atoms with Gasteiger partial charge in [-0.3, -0.25) is 0 Å². The van der Waals surface area contributed by atoms with E-state index in [0.717, 1.165) is 29.0 Å². The lowest BCUT2D eigenvalue weighted by molar-refractivity contribution is 0.0696. The van der Waals surface area contributed by atoms with Crippen LogP contribution in [0, 0.1) is 19.8 Å². The number of aromatic carboxylic acids is 1. The van der Waals surface area contributed by atoms with Gasteiger partial charge in [-0.25, -0.2) is 4.79 Å². The van der Waals surface area contributed by atoms with E-state index in [1.807, 2.05) is 25.1 Å². The number of hydrogen-bond acceptors (Lipinski definition) is 3. The van der Waals surface area contributed by atoms with E-state index in [1.165, 1.54) is 16.7 Å². The summed E-state index contributed by atoms with van der Waals surface area (Å²) in [4.78, 5) is 11.6. The molecule has 3 aromatic rings. The van der Waals surface area contributed by atoms with Crippen LogP contribution in [0.3, 0.4) is 0 Å². The molecule has 3 atom stereocenters. The molecule has 5 rings (SSSR count). The molecule has 0 aromatic heterocycles. The summed E-state index contributed by atoms with van der Waals surface area (Å²) in [6, 6.07) is 20.5. The first-order valence-corrected chi connectivity index (χ1v) is 11.1. The molecule has 0 saturated carbocycles. The van der Waals surface area contributed by atoms with Gasteiger partial charge in [0.2, 0.25) is 0 Å². The second kappa shape index (κ2) is 8.19. The molecular weight excluding hydrogens is 398 g/mol. The normalized spacial score (nSPS) is 20.9. The predicted octanol–water partition coefficient (Wildman–Crippen LogP) is 6.41. The first-order chi connectivity index (χ1) is 15.5. The summed E-state index contributed by atoms with van der Waals surface area (Å²) in [5.74, 6) is 0.672. The Balaban J connectivity index is 1.38. The molecule has 1 aliphatic heterocycles. The molecule has 0 radical (unpaired) electrons. The minimum Gasteiger partial charge on any atom is -0.489 e. The summed E-state index contributed by atoms with van der Waals surface area (Å²) in [5, 5.41) is 13.2. The maximum absolute atomic E-state index is 11.6. The fourth-order valence-corrected chi connectivity index (χ4v) is 5.00. The second-order valence-electron chi connectivity index (χ2n) is 8.83. The molecule has 0 spiro atoms. The highest BCUT2D eigenvalue weighted by molar-refractivity contribution is 5.92. The summed E-state index contributed by atoms with van der Waals surface area (Å²) >= 11 is 0. The van der Waals surface area contributed by atoms with Crippen molar-refractivity contribution in [3.63, 3.8) is 0 Å². The number of ether oxygens (including phenoxy) is 1. The van der Waals surface area contributed by atoms with Gasteiger partial charge >= 0.3 is 5.97 Å². The molecule has 162 valence electrons. The van der Waals surface area contributed by atoms with Crippen LogP contribution in [0.2, 0.25) is 0 Å². The van der Waals surface area contributed by atoms with E-state index in [0.29, 0.717) is 24.0 Å². The number of hydrogen-bond donors (Lipinski definition) is 2. The number of nitrogens with one attached hydrogen (secondary N) is 1. The summed E-state index contributed by atoms with van der Waals surface area (Å²) < 4.78 is 5.98. The molecule has 0 bridgehead atoms. The second-order valence-corrected chi connectivity index (χ2v) is 8.83. The highest BCUT2D eigenvalue weighted by Crippen LogP contribution is 2.51. The molecule has 0 unspecified atom stereocenters. The quantitative estimate of drug-likeness (QED) is 0.464. The predicted molar refractivity (Wildman–Crippen MR) is 126 cm³/mol. The first kappa shape index (κ1) is 20.4. The molecule has 4 heteroatoms. The van der Waals surface area contributed by atoms with Crippen LogP contribution in [0.5, 0.6) is 5.75 Å². The lowest BCUT2D eigenvalue weighted by Gasteiger charge is -2.38. The van der Waals surface area contributed by atoms with Crippen molar-refractivity contribution in [1.29, 1.82) is 0 Å². The molecule has 4 nitrogen and oxygen atoms in total. The molecule has 1 heterocycles. The zero-order chi connectivity index (χ0) is 22.2. The zero-order valence-electron chi connectivity index (χ0n) is 18.3. The third-order valence-electron chi connectivity index (χ3n) is 6.79. The van der Waals surface area contributed by atoms with Crippen LogP contribution in [0.1, 0.15) is 56.6 Å². The van der Waals surface area contributed by atoms with Crippen LogP contribution in [0.4, 0.5) is 5.69 Å². The Hall–Kier alpha value is -3.53. The van der Waals surface area contributed by atoms with Crippen molar-refractivity contribution in [2.24, 2.45) is 5.92 Å². The minimum absolute atomic E-state index is 0.122. The number of anilines is 1. The maximum atomic E-state index is 11.6. The maximum Gasteiger partial charge on any atom is 0.336 e. The van der Waals surface area contributed by atoms with Crippen molar-refractivity contribution >= 4 is 11.7 Å². The van der Waals surface area contributed by atoms with Gasteiger partial charge in [0.1, 0.15) is 12.4 Å². The van der Waals surface area contributed by atoms with Crippen LogP contribution in [-0.4, -0.2) is 11.1 Å². The molecule has 3 aromatic carbocycles. The summed E-state index contributed by atoms with van der Waals surface area (Å²) in [6.07, 6.45) is 5.53. The van der Waals surface area contributed by atoms with E-state index in [4.69, 9.17) is 4.74 Å². The summed E-state index contributed by atoms with van der Waals surface area (Å²) in [7, 11) is 0. The fourth-order valence-electron chi connectivity index (χ4n) is 5.00. The van der Waals surface area contributed by atoms with Crippen LogP contribution in [0.15, 0.2) is 72.8 Å². The van der Waals surface area contributed by atoms with Gasteiger partial charge in [0.25, 0.3) is 0 Å². The van der Waals surface area contributed by atoms with Gasteiger partial charge < -0.3 is 15.2 Å². The van der Waals surface area contributed by atoms with Gasteiger partial charge in [0.15, 0.2) is 0 Å². The molecule has 0 amide bonds. The van der Waals surface area contributed by atoms with E-state index in [-0.39, 0.29) is 6.04 Å². The Morgan fingerprint density at radius 1 is 1.03 bits per heavy atom. The van der Waals surface area contributed by atoms with Gasteiger partial charge in [-0.15, -0.1) is 0 Å². The SMILES string of the molecule is Cc1ccc(COc2ccc([C@@H]3Nc4c(ccc(C(=O)O)c4C)[C@@H]4C=CC[C@@H]43)cc2)cc1. The Labute approximate surface area is 188 Å².